The SMILES string of the molecule is CCCCCC[N]([Ti])CCCCCC. The Morgan fingerprint density at radius 2 is 1.14 bits per heavy atom. The number of hydrogen-bond donors (Lipinski definition) is 0. The Bertz CT molecular complexity index is 94.5. The molecule has 0 rings (SSSR count). The van der Waals surface area contributed by atoms with Crippen molar-refractivity contribution in [3.63, 3.8) is 0 Å². The summed E-state index contributed by atoms with van der Waals surface area (Å²) in [6, 6.07) is 0. The van der Waals surface area contributed by atoms with Crippen LogP contribution in [0.5, 0.6) is 0 Å². The normalized spacial score (nSPS) is 11.0. The van der Waals surface area contributed by atoms with Crippen LogP contribution in [0.1, 0.15) is 65.2 Å². The standard InChI is InChI=1S/C12H26N.Ti/c1-3-5-7-9-11-13-12-10-8-6-4-2;/h3-12H2,1-2H3;/q-1;+1. The molecule has 0 saturated carbocycles. The second-order valence-corrected chi connectivity index (χ2v) is 5.10. The van der Waals surface area contributed by atoms with Gasteiger partial charge in [-0.25, -0.2) is 0 Å². The zero-order valence-corrected chi connectivity index (χ0v) is 11.6. The monoisotopic (exact) mass is 232 g/mol. The van der Waals surface area contributed by atoms with Crippen molar-refractivity contribution in [3.8, 4) is 0 Å². The van der Waals surface area contributed by atoms with E-state index in [1.165, 1.54) is 64.5 Å². The van der Waals surface area contributed by atoms with Crippen molar-refractivity contribution in [2.75, 3.05) is 13.1 Å². The molecule has 0 atom stereocenters. The van der Waals surface area contributed by atoms with Crippen LogP contribution in [0.15, 0.2) is 0 Å². The van der Waals surface area contributed by atoms with E-state index in [9.17, 15) is 0 Å². The summed E-state index contributed by atoms with van der Waals surface area (Å²) in [6.45, 7) is 7.14. The summed E-state index contributed by atoms with van der Waals surface area (Å²) in [5.74, 6) is 0. The van der Waals surface area contributed by atoms with Crippen molar-refractivity contribution in [2.45, 2.75) is 65.2 Å². The summed E-state index contributed by atoms with van der Waals surface area (Å²) in [7, 11) is 0. The van der Waals surface area contributed by atoms with Gasteiger partial charge in [0.1, 0.15) is 0 Å². The van der Waals surface area contributed by atoms with Gasteiger partial charge in [0.2, 0.25) is 0 Å². The zero-order chi connectivity index (χ0) is 10.6. The molecule has 0 heterocycles. The van der Waals surface area contributed by atoms with Crippen molar-refractivity contribution in [1.29, 1.82) is 0 Å². The van der Waals surface area contributed by atoms with Gasteiger partial charge >= 0.3 is 102 Å². The minimum absolute atomic E-state index is 1.30. The molecule has 0 aliphatic heterocycles. The van der Waals surface area contributed by atoms with E-state index in [0.29, 0.717) is 0 Å². The van der Waals surface area contributed by atoms with E-state index < -0.39 is 0 Å². The Kier molecular flexibility index (Phi) is 12.3. The van der Waals surface area contributed by atoms with Gasteiger partial charge in [0, 0.05) is 0 Å². The maximum absolute atomic E-state index is 2.49. The first-order valence-corrected chi connectivity index (χ1v) is 6.97. The van der Waals surface area contributed by atoms with Crippen molar-refractivity contribution < 1.29 is 20.7 Å². The summed E-state index contributed by atoms with van der Waals surface area (Å²) >= 11 is 2.26. The van der Waals surface area contributed by atoms with E-state index in [2.05, 4.69) is 37.9 Å². The van der Waals surface area contributed by atoms with Gasteiger partial charge in [0.15, 0.2) is 0 Å². The van der Waals surface area contributed by atoms with Crippen molar-refractivity contribution in [2.24, 2.45) is 0 Å². The molecule has 0 aliphatic rings. The third-order valence-corrected chi connectivity index (χ3v) is 3.26. The molecule has 0 radical (unpaired) electrons. The first kappa shape index (κ1) is 14.7. The van der Waals surface area contributed by atoms with Crippen LogP contribution in [0, 0.1) is 0 Å². The summed E-state index contributed by atoms with van der Waals surface area (Å²) < 4.78 is 2.49. The molecule has 0 aromatic carbocycles. The van der Waals surface area contributed by atoms with Crippen molar-refractivity contribution >= 4 is 0 Å². The Morgan fingerprint density at radius 3 is 1.50 bits per heavy atom. The molecule has 0 N–H and O–H groups in total. The van der Waals surface area contributed by atoms with Gasteiger partial charge in [0.25, 0.3) is 0 Å². The summed E-state index contributed by atoms with van der Waals surface area (Å²) in [5.41, 5.74) is 0. The van der Waals surface area contributed by atoms with Crippen LogP contribution in [0.3, 0.4) is 0 Å². The molecule has 0 aromatic rings. The number of rotatable bonds is 10. The van der Waals surface area contributed by atoms with Gasteiger partial charge in [-0.15, -0.1) is 0 Å². The van der Waals surface area contributed by atoms with Crippen LogP contribution in [0.4, 0.5) is 0 Å². The first-order valence-electron chi connectivity index (χ1n) is 6.27. The van der Waals surface area contributed by atoms with Gasteiger partial charge in [-0.2, -0.15) is 0 Å². The molecule has 0 saturated heterocycles. The van der Waals surface area contributed by atoms with Gasteiger partial charge in [-0.05, 0) is 0 Å². The number of hydrogen-bond acceptors (Lipinski definition) is 1. The molecule has 83 valence electrons. The molecule has 0 aliphatic carbocycles. The van der Waals surface area contributed by atoms with E-state index >= 15 is 0 Å². The van der Waals surface area contributed by atoms with Crippen LogP contribution < -0.4 is 0 Å². The second kappa shape index (κ2) is 11.7. The van der Waals surface area contributed by atoms with Gasteiger partial charge in [-0.1, -0.05) is 0 Å². The minimum atomic E-state index is 1.30. The maximum atomic E-state index is 2.49. The van der Waals surface area contributed by atoms with Crippen molar-refractivity contribution in [1.82, 2.24) is 3.38 Å². The molecule has 2 heteroatoms. The third kappa shape index (κ3) is 10.8. The second-order valence-electron chi connectivity index (χ2n) is 4.11. The average Bonchev–Trinajstić information content (AvgIpc) is 2.19. The molecule has 14 heavy (non-hydrogen) atoms. The van der Waals surface area contributed by atoms with E-state index in [4.69, 9.17) is 0 Å². The zero-order valence-electron chi connectivity index (χ0n) is 10.0. The van der Waals surface area contributed by atoms with E-state index in [0.717, 1.165) is 0 Å². The third-order valence-electron chi connectivity index (χ3n) is 2.56. The number of nitrogens with zero attached hydrogens (tertiary/aromatic N) is 1. The fourth-order valence-corrected chi connectivity index (χ4v) is 2.06. The van der Waals surface area contributed by atoms with E-state index in [1.807, 2.05) is 0 Å². The van der Waals surface area contributed by atoms with Gasteiger partial charge < -0.3 is 0 Å². The van der Waals surface area contributed by atoms with Crippen LogP contribution in [0.2, 0.25) is 0 Å². The summed E-state index contributed by atoms with van der Waals surface area (Å²) in [6.07, 6.45) is 11.1. The van der Waals surface area contributed by atoms with Gasteiger partial charge in [-0.3, -0.25) is 0 Å². The van der Waals surface area contributed by atoms with Crippen LogP contribution in [0.25, 0.3) is 0 Å². The first-order chi connectivity index (χ1) is 6.81. The van der Waals surface area contributed by atoms with E-state index in [1.54, 1.807) is 0 Å². The molecule has 0 spiro atoms. The molecule has 0 fully saturated rings. The average molecular weight is 232 g/mol. The molecule has 0 unspecified atom stereocenters. The van der Waals surface area contributed by atoms with Crippen molar-refractivity contribution in [3.05, 3.63) is 0 Å². The topological polar surface area (TPSA) is 3.24 Å². The van der Waals surface area contributed by atoms with Crippen LogP contribution in [-0.2, 0) is 20.7 Å². The Balaban J connectivity index is 3.07. The number of unbranched alkanes of at least 4 members (excludes halogenated alkanes) is 6. The van der Waals surface area contributed by atoms with Crippen LogP contribution >= 0.6 is 0 Å². The fraction of sp³-hybridized carbons (Fsp3) is 1.00. The Morgan fingerprint density at radius 1 is 0.714 bits per heavy atom. The molecular weight excluding hydrogens is 206 g/mol. The summed E-state index contributed by atoms with van der Waals surface area (Å²) in [4.78, 5) is 0. The molecule has 0 aromatic heterocycles. The fourth-order valence-electron chi connectivity index (χ4n) is 1.57. The molecule has 0 bridgehead atoms. The van der Waals surface area contributed by atoms with E-state index in [-0.39, 0.29) is 0 Å². The Labute approximate surface area is 102 Å². The quantitative estimate of drug-likeness (QED) is 0.407. The van der Waals surface area contributed by atoms with Gasteiger partial charge in [0.05, 0.1) is 0 Å². The molecule has 1 nitrogen and oxygen atoms in total. The van der Waals surface area contributed by atoms with Crippen LogP contribution in [-0.4, -0.2) is 16.5 Å². The predicted octanol–water partition coefficient (Wildman–Crippen LogP) is 3.91. The summed E-state index contributed by atoms with van der Waals surface area (Å²) in [5, 5.41) is 0. The molecule has 0 amide bonds. The Hall–Kier alpha value is 0.674. The molecular formula is C12H26NTi. The predicted molar refractivity (Wildman–Crippen MR) is 59.9 cm³/mol.